The van der Waals surface area contributed by atoms with Crippen molar-refractivity contribution in [3.8, 4) is 23.0 Å². The molecule has 3 N–H and O–H groups in total. The van der Waals surface area contributed by atoms with Crippen LogP contribution in [0.4, 0.5) is 0 Å². The third-order valence-electron chi connectivity index (χ3n) is 3.88. The molecule has 170 valence electrons. The lowest BCUT2D eigenvalue weighted by Gasteiger charge is -2.12. The maximum Gasteiger partial charge on any atom is 0.271 e. The SMILES string of the molecule is C=CCOc1ccc(C(=O)N/N=C/c2ccc(OCC(N)=O)c(OCC)c2)cc1OCC. The zero-order valence-electron chi connectivity index (χ0n) is 18.1. The smallest absolute Gasteiger partial charge is 0.271 e. The Kier molecular flexibility index (Phi) is 9.58. The molecule has 0 saturated heterocycles. The van der Waals surface area contributed by atoms with E-state index in [0.29, 0.717) is 53.9 Å². The average Bonchev–Trinajstić information content (AvgIpc) is 2.78. The summed E-state index contributed by atoms with van der Waals surface area (Å²) in [6, 6.07) is 9.87. The van der Waals surface area contributed by atoms with Crippen LogP contribution in [-0.2, 0) is 4.79 Å². The van der Waals surface area contributed by atoms with Gasteiger partial charge in [0, 0.05) is 5.56 Å². The van der Waals surface area contributed by atoms with E-state index in [-0.39, 0.29) is 6.61 Å². The Morgan fingerprint density at radius 2 is 1.62 bits per heavy atom. The van der Waals surface area contributed by atoms with Crippen LogP contribution in [0, 0.1) is 0 Å². The standard InChI is InChI=1S/C23H27N3O6/c1-4-11-31-18-10-8-17(13-21(18)30-6-3)23(28)26-25-14-16-7-9-19(32-15-22(24)27)20(12-16)29-5-2/h4,7-10,12-14H,1,5-6,11,15H2,2-3H3,(H2,24,27)(H,26,28)/b25-14+. The lowest BCUT2D eigenvalue weighted by atomic mass is 10.2. The predicted molar refractivity (Wildman–Crippen MR) is 121 cm³/mol. The minimum Gasteiger partial charge on any atom is -0.490 e. The summed E-state index contributed by atoms with van der Waals surface area (Å²) < 4.78 is 21.9. The molecule has 0 fully saturated rings. The quantitative estimate of drug-likeness (QED) is 0.280. The molecule has 2 aromatic carbocycles. The summed E-state index contributed by atoms with van der Waals surface area (Å²) in [5.41, 5.74) is 8.60. The first kappa shape index (κ1) is 24.3. The van der Waals surface area contributed by atoms with Crippen molar-refractivity contribution < 1.29 is 28.5 Å². The van der Waals surface area contributed by atoms with E-state index in [1.165, 1.54) is 6.21 Å². The largest absolute Gasteiger partial charge is 0.490 e. The summed E-state index contributed by atoms with van der Waals surface area (Å²) in [4.78, 5) is 23.4. The Hall–Kier alpha value is -4.01. The van der Waals surface area contributed by atoms with Crippen LogP contribution in [0.15, 0.2) is 54.2 Å². The second kappa shape index (κ2) is 12.6. The van der Waals surface area contributed by atoms with Crippen LogP contribution in [0.25, 0.3) is 0 Å². The summed E-state index contributed by atoms with van der Waals surface area (Å²) in [5.74, 6) is 0.792. The van der Waals surface area contributed by atoms with Gasteiger partial charge in [0.2, 0.25) is 0 Å². The molecule has 0 aliphatic rings. The first-order valence-corrected chi connectivity index (χ1v) is 10.00. The molecule has 9 heteroatoms. The molecule has 2 amide bonds. The molecule has 0 bridgehead atoms. The molecular formula is C23H27N3O6. The van der Waals surface area contributed by atoms with Crippen molar-refractivity contribution in [2.75, 3.05) is 26.4 Å². The second-order valence-electron chi connectivity index (χ2n) is 6.29. The van der Waals surface area contributed by atoms with Crippen LogP contribution >= 0.6 is 0 Å². The van der Waals surface area contributed by atoms with Crippen molar-refractivity contribution in [3.05, 3.63) is 60.2 Å². The molecule has 0 atom stereocenters. The molecule has 0 radical (unpaired) electrons. The normalized spacial score (nSPS) is 10.4. The van der Waals surface area contributed by atoms with Gasteiger partial charge in [0.1, 0.15) is 6.61 Å². The van der Waals surface area contributed by atoms with Gasteiger partial charge < -0.3 is 24.7 Å². The van der Waals surface area contributed by atoms with Gasteiger partial charge in [-0.1, -0.05) is 12.7 Å². The molecular weight excluding hydrogens is 414 g/mol. The van der Waals surface area contributed by atoms with Crippen LogP contribution in [0.5, 0.6) is 23.0 Å². The number of carbonyl (C=O) groups is 2. The molecule has 0 aromatic heterocycles. The number of hydrogen-bond acceptors (Lipinski definition) is 7. The summed E-state index contributed by atoms with van der Waals surface area (Å²) in [5, 5.41) is 3.99. The third kappa shape index (κ3) is 7.35. The van der Waals surface area contributed by atoms with Crippen molar-refractivity contribution in [1.82, 2.24) is 5.43 Å². The maximum atomic E-state index is 12.5. The van der Waals surface area contributed by atoms with Gasteiger partial charge >= 0.3 is 0 Å². The third-order valence-corrected chi connectivity index (χ3v) is 3.88. The van der Waals surface area contributed by atoms with E-state index in [9.17, 15) is 9.59 Å². The first-order valence-electron chi connectivity index (χ1n) is 10.00. The maximum absolute atomic E-state index is 12.5. The zero-order valence-corrected chi connectivity index (χ0v) is 18.1. The van der Waals surface area contributed by atoms with Crippen LogP contribution in [0.1, 0.15) is 29.8 Å². The molecule has 0 aliphatic carbocycles. The van der Waals surface area contributed by atoms with Crippen LogP contribution in [0.3, 0.4) is 0 Å². The Morgan fingerprint density at radius 1 is 0.969 bits per heavy atom. The number of carbonyl (C=O) groups excluding carboxylic acids is 2. The number of benzene rings is 2. The predicted octanol–water partition coefficient (Wildman–Crippen LogP) is 2.68. The highest BCUT2D eigenvalue weighted by Crippen LogP contribution is 2.29. The number of nitrogens with two attached hydrogens (primary N) is 1. The van der Waals surface area contributed by atoms with Crippen molar-refractivity contribution in [2.45, 2.75) is 13.8 Å². The van der Waals surface area contributed by atoms with Gasteiger partial charge in [-0.2, -0.15) is 5.10 Å². The van der Waals surface area contributed by atoms with Crippen molar-refractivity contribution in [3.63, 3.8) is 0 Å². The molecule has 0 aliphatic heterocycles. The number of hydrazone groups is 1. The van der Waals surface area contributed by atoms with Gasteiger partial charge in [-0.3, -0.25) is 9.59 Å². The Balaban J connectivity index is 2.09. The zero-order chi connectivity index (χ0) is 23.3. The number of nitrogens with zero attached hydrogens (tertiary/aromatic N) is 1. The van der Waals surface area contributed by atoms with Crippen molar-refractivity contribution in [2.24, 2.45) is 10.8 Å². The van der Waals surface area contributed by atoms with E-state index in [1.54, 1.807) is 42.5 Å². The molecule has 0 unspecified atom stereocenters. The lowest BCUT2D eigenvalue weighted by molar-refractivity contribution is -0.119. The number of nitrogens with one attached hydrogen (secondary N) is 1. The molecule has 2 aromatic rings. The van der Waals surface area contributed by atoms with E-state index < -0.39 is 11.8 Å². The van der Waals surface area contributed by atoms with E-state index in [2.05, 4.69) is 17.1 Å². The van der Waals surface area contributed by atoms with Crippen molar-refractivity contribution in [1.29, 1.82) is 0 Å². The first-order chi connectivity index (χ1) is 15.5. The minimum absolute atomic E-state index is 0.259. The minimum atomic E-state index is -0.589. The number of rotatable bonds is 13. The highest BCUT2D eigenvalue weighted by molar-refractivity contribution is 5.95. The van der Waals surface area contributed by atoms with E-state index in [1.807, 2.05) is 13.8 Å². The Bertz CT molecular complexity index is 974. The fraction of sp³-hybridized carbons (Fsp3) is 0.261. The van der Waals surface area contributed by atoms with Gasteiger partial charge in [-0.15, -0.1) is 0 Å². The van der Waals surface area contributed by atoms with Crippen LogP contribution < -0.4 is 30.1 Å². The monoisotopic (exact) mass is 441 g/mol. The van der Waals surface area contributed by atoms with Crippen LogP contribution in [-0.4, -0.2) is 44.5 Å². The number of hydrogen-bond donors (Lipinski definition) is 2. The van der Waals surface area contributed by atoms with Gasteiger partial charge in [0.15, 0.2) is 29.6 Å². The summed E-state index contributed by atoms with van der Waals surface area (Å²) in [6.45, 7) is 8.17. The molecule has 2 rings (SSSR count). The molecule has 0 heterocycles. The van der Waals surface area contributed by atoms with E-state index in [4.69, 9.17) is 24.7 Å². The lowest BCUT2D eigenvalue weighted by Crippen LogP contribution is -2.20. The van der Waals surface area contributed by atoms with E-state index in [0.717, 1.165) is 0 Å². The van der Waals surface area contributed by atoms with Crippen molar-refractivity contribution >= 4 is 18.0 Å². The molecule has 32 heavy (non-hydrogen) atoms. The summed E-state index contributed by atoms with van der Waals surface area (Å²) in [7, 11) is 0. The molecule has 9 nitrogen and oxygen atoms in total. The Labute approximate surface area is 186 Å². The topological polar surface area (TPSA) is 121 Å². The fourth-order valence-electron chi connectivity index (χ4n) is 2.56. The van der Waals surface area contributed by atoms with Gasteiger partial charge in [0.25, 0.3) is 11.8 Å². The van der Waals surface area contributed by atoms with E-state index >= 15 is 0 Å². The van der Waals surface area contributed by atoms with Gasteiger partial charge in [-0.05, 0) is 55.8 Å². The highest BCUT2D eigenvalue weighted by Gasteiger charge is 2.11. The number of amides is 2. The Morgan fingerprint density at radius 3 is 2.28 bits per heavy atom. The van der Waals surface area contributed by atoms with Gasteiger partial charge in [0.05, 0.1) is 19.4 Å². The highest BCUT2D eigenvalue weighted by atomic mass is 16.5. The average molecular weight is 441 g/mol. The second-order valence-corrected chi connectivity index (χ2v) is 6.29. The number of primary amides is 1. The summed E-state index contributed by atoms with van der Waals surface area (Å²) >= 11 is 0. The summed E-state index contributed by atoms with van der Waals surface area (Å²) in [6.07, 6.45) is 3.09. The molecule has 0 spiro atoms. The molecule has 0 saturated carbocycles. The fourth-order valence-corrected chi connectivity index (χ4v) is 2.56. The van der Waals surface area contributed by atoms with Gasteiger partial charge in [-0.25, -0.2) is 5.43 Å². The number of ether oxygens (including phenoxy) is 4. The van der Waals surface area contributed by atoms with Crippen LogP contribution in [0.2, 0.25) is 0 Å².